The van der Waals surface area contributed by atoms with Crippen molar-refractivity contribution in [2.45, 2.75) is 51.7 Å². The molecule has 0 amide bonds. The lowest BCUT2D eigenvalue weighted by Crippen LogP contribution is -2.41. The molecule has 0 saturated carbocycles. The standard InChI is InChI=1S/C16H18BClF2O2/c1-15(2)16(3,4)22-17(21-15)14(20)11-6-5-10-12(11)7-9(19)8-13(10)18/h7-8H,5-6H2,1-4H3. The van der Waals surface area contributed by atoms with Crippen molar-refractivity contribution in [2.24, 2.45) is 0 Å². The molecule has 118 valence electrons. The van der Waals surface area contributed by atoms with Crippen molar-refractivity contribution >= 4 is 24.3 Å². The van der Waals surface area contributed by atoms with Gasteiger partial charge in [-0.2, -0.15) is 0 Å². The van der Waals surface area contributed by atoms with Crippen LogP contribution in [0.3, 0.4) is 0 Å². The molecule has 0 bridgehead atoms. The SMILES string of the molecule is CC1(C)OB(C(F)=C2CCc3c(Cl)cc(F)cc32)OC1(C)C. The van der Waals surface area contributed by atoms with Crippen LogP contribution in [-0.2, 0) is 15.7 Å². The van der Waals surface area contributed by atoms with Gasteiger partial charge in [-0.3, -0.25) is 0 Å². The minimum absolute atomic E-state index is 0.340. The Morgan fingerprint density at radius 1 is 1.14 bits per heavy atom. The normalized spacial score (nSPS) is 24.6. The average molecular weight is 327 g/mol. The zero-order valence-electron chi connectivity index (χ0n) is 13.1. The summed E-state index contributed by atoms with van der Waals surface area (Å²) in [6, 6.07) is 2.59. The Balaban J connectivity index is 2.01. The quantitative estimate of drug-likeness (QED) is 0.694. The second-order valence-corrected chi connectivity index (χ2v) is 7.24. The molecule has 0 unspecified atom stereocenters. The number of hydrogen-bond acceptors (Lipinski definition) is 2. The molecule has 2 aliphatic rings. The van der Waals surface area contributed by atoms with Crippen molar-refractivity contribution in [1.82, 2.24) is 0 Å². The summed E-state index contributed by atoms with van der Waals surface area (Å²) in [5, 5.41) is 0.340. The number of allylic oxidation sites excluding steroid dienone is 1. The van der Waals surface area contributed by atoms with E-state index in [4.69, 9.17) is 20.9 Å². The molecule has 1 aromatic carbocycles. The molecule has 1 aliphatic heterocycles. The molecule has 1 saturated heterocycles. The second kappa shape index (κ2) is 5.05. The Morgan fingerprint density at radius 2 is 1.73 bits per heavy atom. The van der Waals surface area contributed by atoms with E-state index in [2.05, 4.69) is 0 Å². The Morgan fingerprint density at radius 3 is 2.32 bits per heavy atom. The molecule has 0 radical (unpaired) electrons. The maximum Gasteiger partial charge on any atom is 0.525 e. The van der Waals surface area contributed by atoms with E-state index in [9.17, 15) is 8.78 Å². The van der Waals surface area contributed by atoms with Crippen LogP contribution in [0.25, 0.3) is 5.57 Å². The van der Waals surface area contributed by atoms with E-state index in [-0.39, 0.29) is 0 Å². The number of fused-ring (bicyclic) bond motifs is 1. The van der Waals surface area contributed by atoms with Gasteiger partial charge < -0.3 is 9.31 Å². The smallest absolute Gasteiger partial charge is 0.398 e. The molecule has 1 heterocycles. The van der Waals surface area contributed by atoms with Crippen LogP contribution in [0.2, 0.25) is 5.02 Å². The van der Waals surface area contributed by atoms with Gasteiger partial charge in [0.15, 0.2) is 0 Å². The lowest BCUT2D eigenvalue weighted by molar-refractivity contribution is 0.00578. The Kier molecular flexibility index (Phi) is 3.67. The molecular formula is C16H18BClF2O2. The molecule has 6 heteroatoms. The molecule has 1 fully saturated rings. The number of hydrogen-bond donors (Lipinski definition) is 0. The average Bonchev–Trinajstić information content (AvgIpc) is 2.88. The zero-order valence-corrected chi connectivity index (χ0v) is 13.9. The van der Waals surface area contributed by atoms with Crippen LogP contribution in [0.15, 0.2) is 17.9 Å². The number of rotatable bonds is 1. The molecule has 0 N–H and O–H groups in total. The molecule has 22 heavy (non-hydrogen) atoms. The largest absolute Gasteiger partial charge is 0.525 e. The van der Waals surface area contributed by atoms with Crippen LogP contribution in [0.5, 0.6) is 0 Å². The van der Waals surface area contributed by atoms with Crippen LogP contribution in [0.4, 0.5) is 8.78 Å². The minimum atomic E-state index is -1.06. The zero-order chi connectivity index (χ0) is 16.3. The third-order valence-corrected chi connectivity index (χ3v) is 5.20. The van der Waals surface area contributed by atoms with Gasteiger partial charge in [-0.1, -0.05) is 11.6 Å². The fourth-order valence-electron chi connectivity index (χ4n) is 2.85. The fraction of sp³-hybridized carbons (Fsp3) is 0.500. The van der Waals surface area contributed by atoms with E-state index in [0.29, 0.717) is 29.0 Å². The van der Waals surface area contributed by atoms with Gasteiger partial charge in [-0.15, -0.1) is 0 Å². The van der Waals surface area contributed by atoms with Gasteiger partial charge in [0.05, 0.1) is 11.2 Å². The van der Waals surface area contributed by atoms with Gasteiger partial charge in [0.1, 0.15) is 11.5 Å². The van der Waals surface area contributed by atoms with E-state index in [0.717, 1.165) is 5.56 Å². The van der Waals surface area contributed by atoms with Crippen molar-refractivity contribution in [3.05, 3.63) is 39.8 Å². The highest BCUT2D eigenvalue weighted by molar-refractivity contribution is 6.55. The molecule has 1 aliphatic carbocycles. The predicted molar refractivity (Wildman–Crippen MR) is 83.8 cm³/mol. The summed E-state index contributed by atoms with van der Waals surface area (Å²) in [6.45, 7) is 7.46. The second-order valence-electron chi connectivity index (χ2n) is 6.83. The third kappa shape index (κ3) is 2.39. The highest BCUT2D eigenvalue weighted by Gasteiger charge is 2.53. The summed E-state index contributed by atoms with van der Waals surface area (Å²) < 4.78 is 40.0. The molecule has 2 nitrogen and oxygen atoms in total. The fourth-order valence-corrected chi connectivity index (χ4v) is 3.15. The van der Waals surface area contributed by atoms with Gasteiger partial charge in [0.25, 0.3) is 0 Å². The van der Waals surface area contributed by atoms with Crippen LogP contribution in [0.1, 0.15) is 45.2 Å². The van der Waals surface area contributed by atoms with E-state index in [1.165, 1.54) is 12.1 Å². The maximum atomic E-state index is 14.9. The van der Waals surface area contributed by atoms with Gasteiger partial charge in [0, 0.05) is 5.02 Å². The predicted octanol–water partition coefficient (Wildman–Crippen LogP) is 4.74. The van der Waals surface area contributed by atoms with E-state index in [1.807, 2.05) is 27.7 Å². The first kappa shape index (κ1) is 16.0. The van der Waals surface area contributed by atoms with Crippen molar-refractivity contribution in [1.29, 1.82) is 0 Å². The van der Waals surface area contributed by atoms with E-state index >= 15 is 0 Å². The third-order valence-electron chi connectivity index (χ3n) is 4.86. The van der Waals surface area contributed by atoms with E-state index in [1.54, 1.807) is 0 Å². The van der Waals surface area contributed by atoms with Gasteiger partial charge in [-0.05, 0) is 69.4 Å². The molecular weight excluding hydrogens is 308 g/mol. The lowest BCUT2D eigenvalue weighted by Gasteiger charge is -2.32. The van der Waals surface area contributed by atoms with Crippen molar-refractivity contribution < 1.29 is 18.1 Å². The summed E-state index contributed by atoms with van der Waals surface area (Å²) in [7, 11) is -1.06. The van der Waals surface area contributed by atoms with Crippen LogP contribution in [-0.4, -0.2) is 18.3 Å². The first-order valence-corrected chi connectivity index (χ1v) is 7.73. The van der Waals surface area contributed by atoms with Crippen molar-refractivity contribution in [3.8, 4) is 0 Å². The summed E-state index contributed by atoms with van der Waals surface area (Å²) in [5.74, 6) is -0.468. The molecule has 3 rings (SSSR count). The lowest BCUT2D eigenvalue weighted by atomic mass is 9.83. The Hall–Kier alpha value is -0.905. The summed E-state index contributed by atoms with van der Waals surface area (Å²) in [4.78, 5) is 0. The van der Waals surface area contributed by atoms with Crippen LogP contribution >= 0.6 is 11.6 Å². The number of benzene rings is 1. The van der Waals surface area contributed by atoms with Gasteiger partial charge in [-0.25, -0.2) is 8.78 Å². The molecule has 1 aromatic rings. The summed E-state index contributed by atoms with van der Waals surface area (Å²) in [6.07, 6.45) is 1.06. The highest BCUT2D eigenvalue weighted by Crippen LogP contribution is 2.44. The monoisotopic (exact) mass is 326 g/mol. The van der Waals surface area contributed by atoms with Crippen molar-refractivity contribution in [2.75, 3.05) is 0 Å². The summed E-state index contributed by atoms with van der Waals surface area (Å²) >= 11 is 6.05. The summed E-state index contributed by atoms with van der Waals surface area (Å²) in [5.41, 5.74) is 0.0172. The van der Waals surface area contributed by atoms with E-state index < -0.39 is 29.9 Å². The van der Waals surface area contributed by atoms with Gasteiger partial charge >= 0.3 is 7.12 Å². The van der Waals surface area contributed by atoms with Crippen LogP contribution < -0.4 is 0 Å². The van der Waals surface area contributed by atoms with Crippen LogP contribution in [0, 0.1) is 5.82 Å². The Bertz CT molecular complexity index is 654. The minimum Gasteiger partial charge on any atom is -0.398 e. The first-order valence-electron chi connectivity index (χ1n) is 7.35. The van der Waals surface area contributed by atoms with Crippen molar-refractivity contribution in [3.63, 3.8) is 0 Å². The topological polar surface area (TPSA) is 18.5 Å². The first-order chi connectivity index (χ1) is 10.1. The molecule has 0 aromatic heterocycles. The van der Waals surface area contributed by atoms with Gasteiger partial charge in [0.2, 0.25) is 0 Å². The highest BCUT2D eigenvalue weighted by atomic mass is 35.5. The maximum absolute atomic E-state index is 14.9. The molecule has 0 spiro atoms. The Labute approximate surface area is 134 Å². The molecule has 0 atom stereocenters. The number of halogens is 3.